The maximum atomic E-state index is 6.04. The van der Waals surface area contributed by atoms with Crippen LogP contribution in [-0.4, -0.2) is 14.6 Å². The molecular formula is C12H12ClN3. The number of nitrogens with zero attached hydrogens (tertiary/aromatic N) is 3. The number of fused-ring (bicyclic) bond motifs is 1. The average molecular weight is 234 g/mol. The minimum Gasteiger partial charge on any atom is -0.235 e. The van der Waals surface area contributed by atoms with Crippen molar-refractivity contribution in [3.05, 3.63) is 29.2 Å². The molecule has 16 heavy (non-hydrogen) atoms. The third-order valence-corrected chi connectivity index (χ3v) is 4.01. The second-order valence-corrected chi connectivity index (χ2v) is 5.35. The highest BCUT2D eigenvalue weighted by Crippen LogP contribution is 2.59. The first-order valence-electron chi connectivity index (χ1n) is 5.83. The van der Waals surface area contributed by atoms with Crippen molar-refractivity contribution in [1.29, 1.82) is 0 Å². The van der Waals surface area contributed by atoms with Crippen LogP contribution in [0.15, 0.2) is 18.5 Å². The molecule has 82 valence electrons. The summed E-state index contributed by atoms with van der Waals surface area (Å²) >= 11 is 6.04. The number of hydrogen-bond donors (Lipinski definition) is 0. The fraction of sp³-hybridized carbons (Fsp3) is 0.500. The van der Waals surface area contributed by atoms with Crippen molar-refractivity contribution in [3.8, 4) is 0 Å². The van der Waals surface area contributed by atoms with Crippen molar-refractivity contribution >= 4 is 17.2 Å². The van der Waals surface area contributed by atoms with Crippen molar-refractivity contribution in [2.45, 2.75) is 25.2 Å². The summed E-state index contributed by atoms with van der Waals surface area (Å²) in [6.45, 7) is 0. The number of imidazole rings is 1. The molecule has 2 unspecified atom stereocenters. The summed E-state index contributed by atoms with van der Waals surface area (Å²) in [7, 11) is 0. The summed E-state index contributed by atoms with van der Waals surface area (Å²) in [4.78, 5) is 4.38. The molecule has 2 aromatic rings. The summed E-state index contributed by atoms with van der Waals surface area (Å²) in [6.07, 6.45) is 7.80. The third-order valence-electron chi connectivity index (χ3n) is 3.82. The highest BCUT2D eigenvalue weighted by atomic mass is 35.5. The van der Waals surface area contributed by atoms with Crippen molar-refractivity contribution in [2.75, 3.05) is 0 Å². The van der Waals surface area contributed by atoms with Gasteiger partial charge in [0.05, 0.1) is 0 Å². The van der Waals surface area contributed by atoms with Crippen LogP contribution in [0.25, 0.3) is 5.65 Å². The predicted octanol–water partition coefficient (Wildman–Crippen LogP) is 2.90. The van der Waals surface area contributed by atoms with Gasteiger partial charge in [-0.1, -0.05) is 11.6 Å². The van der Waals surface area contributed by atoms with E-state index in [1.165, 1.54) is 24.8 Å². The van der Waals surface area contributed by atoms with Crippen molar-refractivity contribution < 1.29 is 0 Å². The van der Waals surface area contributed by atoms with Gasteiger partial charge in [-0.25, -0.2) is 9.50 Å². The third kappa shape index (κ3) is 1.27. The van der Waals surface area contributed by atoms with Gasteiger partial charge < -0.3 is 0 Å². The van der Waals surface area contributed by atoms with Gasteiger partial charge in [-0.15, -0.1) is 0 Å². The minimum atomic E-state index is 0.571. The Hall–Kier alpha value is -1.09. The molecular weight excluding hydrogens is 222 g/mol. The molecule has 2 aliphatic rings. The summed E-state index contributed by atoms with van der Waals surface area (Å²) in [5.74, 6) is 2.55. The average Bonchev–Trinajstić information content (AvgIpc) is 3.12. The van der Waals surface area contributed by atoms with Crippen LogP contribution < -0.4 is 0 Å². The van der Waals surface area contributed by atoms with Crippen molar-refractivity contribution in [2.24, 2.45) is 11.8 Å². The van der Waals surface area contributed by atoms with Crippen LogP contribution in [0, 0.1) is 11.8 Å². The van der Waals surface area contributed by atoms with Gasteiger partial charge in [-0.3, -0.25) is 0 Å². The Balaban J connectivity index is 1.81. The van der Waals surface area contributed by atoms with E-state index >= 15 is 0 Å². The molecule has 0 bridgehead atoms. The number of aromatic nitrogens is 3. The standard InChI is InChI=1S/C12H12ClN3/c13-11-6-10(9-5-8(9)7-1-2-7)12-14-3-4-16(12)15-11/h3-4,6-9H,1-2,5H2. The lowest BCUT2D eigenvalue weighted by Gasteiger charge is -2.03. The van der Waals surface area contributed by atoms with Gasteiger partial charge in [0.2, 0.25) is 0 Å². The van der Waals surface area contributed by atoms with Crippen molar-refractivity contribution in [1.82, 2.24) is 14.6 Å². The van der Waals surface area contributed by atoms with E-state index in [4.69, 9.17) is 11.6 Å². The molecule has 2 heterocycles. The van der Waals surface area contributed by atoms with Crippen LogP contribution in [0.1, 0.15) is 30.7 Å². The number of hydrogen-bond acceptors (Lipinski definition) is 2. The lowest BCUT2D eigenvalue weighted by molar-refractivity contribution is 0.689. The maximum Gasteiger partial charge on any atom is 0.157 e. The topological polar surface area (TPSA) is 30.2 Å². The van der Waals surface area contributed by atoms with E-state index in [2.05, 4.69) is 10.1 Å². The molecule has 0 aliphatic heterocycles. The molecule has 0 N–H and O–H groups in total. The van der Waals surface area contributed by atoms with E-state index in [0.29, 0.717) is 11.1 Å². The van der Waals surface area contributed by atoms with Crippen LogP contribution in [0.4, 0.5) is 0 Å². The van der Waals surface area contributed by atoms with Gasteiger partial charge in [0.25, 0.3) is 0 Å². The monoisotopic (exact) mass is 233 g/mol. The SMILES string of the molecule is Clc1cc(C2CC2C2CC2)c2nccn2n1. The molecule has 0 amide bonds. The Morgan fingerprint density at radius 2 is 2.25 bits per heavy atom. The first-order valence-corrected chi connectivity index (χ1v) is 6.20. The lowest BCUT2D eigenvalue weighted by atomic mass is 10.1. The molecule has 2 atom stereocenters. The van der Waals surface area contributed by atoms with Gasteiger partial charge in [-0.05, 0) is 43.1 Å². The van der Waals surface area contributed by atoms with E-state index in [-0.39, 0.29) is 0 Å². The zero-order chi connectivity index (χ0) is 10.7. The highest BCUT2D eigenvalue weighted by Gasteiger charge is 2.48. The second kappa shape index (κ2) is 2.98. The van der Waals surface area contributed by atoms with E-state index in [9.17, 15) is 0 Å². The van der Waals surface area contributed by atoms with Crippen LogP contribution >= 0.6 is 11.6 Å². The molecule has 4 heteroatoms. The first-order chi connectivity index (χ1) is 7.83. The summed E-state index contributed by atoms with van der Waals surface area (Å²) < 4.78 is 1.79. The minimum absolute atomic E-state index is 0.571. The molecule has 2 fully saturated rings. The number of halogens is 1. The molecule has 2 saturated carbocycles. The Bertz CT molecular complexity index is 558. The van der Waals surface area contributed by atoms with Gasteiger partial charge >= 0.3 is 0 Å². The zero-order valence-corrected chi connectivity index (χ0v) is 9.56. The van der Waals surface area contributed by atoms with E-state index in [1.807, 2.05) is 12.3 Å². The Morgan fingerprint density at radius 3 is 3.06 bits per heavy atom. The van der Waals surface area contributed by atoms with E-state index < -0.39 is 0 Å². The Kier molecular flexibility index (Phi) is 1.67. The van der Waals surface area contributed by atoms with Gasteiger partial charge in [0.15, 0.2) is 5.65 Å². The first kappa shape index (κ1) is 8.99. The second-order valence-electron chi connectivity index (χ2n) is 4.96. The normalized spacial score (nSPS) is 28.6. The van der Waals surface area contributed by atoms with Crippen LogP contribution in [0.3, 0.4) is 0 Å². The fourth-order valence-corrected chi connectivity index (χ4v) is 3.00. The van der Waals surface area contributed by atoms with E-state index in [0.717, 1.165) is 17.5 Å². The van der Waals surface area contributed by atoms with Crippen LogP contribution in [0.5, 0.6) is 0 Å². The quantitative estimate of drug-likeness (QED) is 0.799. The Morgan fingerprint density at radius 1 is 1.38 bits per heavy atom. The zero-order valence-electron chi connectivity index (χ0n) is 8.81. The molecule has 3 nitrogen and oxygen atoms in total. The molecule has 0 aromatic carbocycles. The van der Waals surface area contributed by atoms with Crippen molar-refractivity contribution in [3.63, 3.8) is 0 Å². The van der Waals surface area contributed by atoms with Crippen LogP contribution in [-0.2, 0) is 0 Å². The van der Waals surface area contributed by atoms with E-state index in [1.54, 1.807) is 10.7 Å². The smallest absolute Gasteiger partial charge is 0.157 e. The molecule has 2 aromatic heterocycles. The fourth-order valence-electron chi connectivity index (χ4n) is 2.80. The summed E-state index contributed by atoms with van der Waals surface area (Å²) in [5.41, 5.74) is 2.28. The highest BCUT2D eigenvalue weighted by molar-refractivity contribution is 6.29. The summed E-state index contributed by atoms with van der Waals surface area (Å²) in [6, 6.07) is 2.00. The molecule has 0 saturated heterocycles. The van der Waals surface area contributed by atoms with Crippen LogP contribution in [0.2, 0.25) is 5.15 Å². The Labute approximate surface area is 98.4 Å². The van der Waals surface area contributed by atoms with Gasteiger partial charge in [-0.2, -0.15) is 5.10 Å². The summed E-state index contributed by atoms with van der Waals surface area (Å²) in [5, 5.41) is 4.78. The largest absolute Gasteiger partial charge is 0.235 e. The predicted molar refractivity (Wildman–Crippen MR) is 61.6 cm³/mol. The molecule has 4 rings (SSSR count). The number of rotatable bonds is 2. The molecule has 0 spiro atoms. The maximum absolute atomic E-state index is 6.04. The lowest BCUT2D eigenvalue weighted by Crippen LogP contribution is -1.97. The molecule has 0 radical (unpaired) electrons. The van der Waals surface area contributed by atoms with Gasteiger partial charge in [0, 0.05) is 18.0 Å². The van der Waals surface area contributed by atoms with Gasteiger partial charge in [0.1, 0.15) is 5.15 Å². The molecule has 2 aliphatic carbocycles.